The minimum atomic E-state index is 0.591. The molecule has 3 aliphatic rings. The zero-order valence-corrected chi connectivity index (χ0v) is 19.3. The van der Waals surface area contributed by atoms with E-state index in [1.165, 1.54) is 116 Å². The maximum absolute atomic E-state index is 6.32. The third-order valence-electron chi connectivity index (χ3n) is 8.75. The zero-order chi connectivity index (χ0) is 19.6. The Morgan fingerprint density at radius 3 is 1.46 bits per heavy atom. The first-order valence-corrected chi connectivity index (χ1v) is 13.4. The van der Waals surface area contributed by atoms with E-state index in [4.69, 9.17) is 4.74 Å². The summed E-state index contributed by atoms with van der Waals surface area (Å²) in [5, 5.41) is 0. The van der Waals surface area contributed by atoms with Gasteiger partial charge in [-0.15, -0.1) is 0 Å². The molecule has 0 amide bonds. The normalized spacial score (nSPS) is 37.1. The van der Waals surface area contributed by atoms with E-state index in [0.29, 0.717) is 6.10 Å². The fourth-order valence-corrected chi connectivity index (χ4v) is 6.92. The summed E-state index contributed by atoms with van der Waals surface area (Å²) in [5.41, 5.74) is 0. The van der Waals surface area contributed by atoms with Gasteiger partial charge in [0.25, 0.3) is 0 Å². The highest BCUT2D eigenvalue weighted by molar-refractivity contribution is 4.82. The summed E-state index contributed by atoms with van der Waals surface area (Å²) in [6.07, 6.45) is 26.8. The SMILES string of the molecule is CCCC1CCC(CCCOC2CCC(C3CCC(CCC)CC3)CC2)CC1. The predicted molar refractivity (Wildman–Crippen MR) is 122 cm³/mol. The lowest BCUT2D eigenvalue weighted by Gasteiger charge is -2.38. The standard InChI is InChI=1S/C27H50O/c1-3-6-22-9-11-24(12-10-22)8-5-21-28-27-19-17-26(18-20-27)25-15-13-23(7-4-2)14-16-25/h22-27H,3-21H2,1-2H3. The van der Waals surface area contributed by atoms with Crippen LogP contribution in [-0.2, 0) is 4.74 Å². The number of rotatable bonds is 10. The number of hydrogen-bond acceptors (Lipinski definition) is 1. The highest BCUT2D eigenvalue weighted by atomic mass is 16.5. The van der Waals surface area contributed by atoms with Gasteiger partial charge in [0.2, 0.25) is 0 Å². The first-order valence-electron chi connectivity index (χ1n) is 13.4. The van der Waals surface area contributed by atoms with Gasteiger partial charge in [-0.25, -0.2) is 0 Å². The second-order valence-electron chi connectivity index (χ2n) is 10.8. The lowest BCUT2D eigenvalue weighted by atomic mass is 9.70. The minimum absolute atomic E-state index is 0.591. The van der Waals surface area contributed by atoms with Crippen LogP contribution in [0.15, 0.2) is 0 Å². The molecule has 0 aromatic heterocycles. The lowest BCUT2D eigenvalue weighted by molar-refractivity contribution is 0.00370. The van der Waals surface area contributed by atoms with E-state index >= 15 is 0 Å². The molecular formula is C27H50O. The minimum Gasteiger partial charge on any atom is -0.378 e. The highest BCUT2D eigenvalue weighted by Gasteiger charge is 2.31. The Kier molecular flexibility index (Phi) is 10.2. The molecule has 1 heteroatoms. The smallest absolute Gasteiger partial charge is 0.0575 e. The molecule has 164 valence electrons. The molecule has 0 radical (unpaired) electrons. The van der Waals surface area contributed by atoms with Crippen molar-refractivity contribution < 1.29 is 4.74 Å². The third-order valence-corrected chi connectivity index (χ3v) is 8.75. The van der Waals surface area contributed by atoms with Gasteiger partial charge in [0.1, 0.15) is 0 Å². The van der Waals surface area contributed by atoms with Crippen LogP contribution < -0.4 is 0 Å². The van der Waals surface area contributed by atoms with E-state index in [1.54, 1.807) is 0 Å². The quantitative estimate of drug-likeness (QED) is 0.339. The van der Waals surface area contributed by atoms with Crippen LogP contribution in [0.25, 0.3) is 0 Å². The molecule has 0 aliphatic heterocycles. The Balaban J connectivity index is 1.21. The first kappa shape index (κ1) is 22.6. The van der Waals surface area contributed by atoms with Crippen molar-refractivity contribution >= 4 is 0 Å². The van der Waals surface area contributed by atoms with E-state index in [-0.39, 0.29) is 0 Å². The monoisotopic (exact) mass is 390 g/mol. The molecule has 0 spiro atoms. The molecule has 0 aromatic rings. The summed E-state index contributed by atoms with van der Waals surface area (Å²) in [6, 6.07) is 0. The summed E-state index contributed by atoms with van der Waals surface area (Å²) in [5.74, 6) is 5.20. The highest BCUT2D eigenvalue weighted by Crippen LogP contribution is 2.41. The maximum Gasteiger partial charge on any atom is 0.0575 e. The summed E-state index contributed by atoms with van der Waals surface area (Å²) in [6.45, 7) is 5.73. The first-order chi connectivity index (χ1) is 13.8. The summed E-state index contributed by atoms with van der Waals surface area (Å²) < 4.78 is 6.32. The molecule has 0 heterocycles. The third kappa shape index (κ3) is 7.33. The molecule has 3 rings (SSSR count). The van der Waals surface area contributed by atoms with E-state index in [2.05, 4.69) is 13.8 Å². The van der Waals surface area contributed by atoms with Crippen LogP contribution in [0.2, 0.25) is 0 Å². The second-order valence-corrected chi connectivity index (χ2v) is 10.8. The Morgan fingerprint density at radius 1 is 0.536 bits per heavy atom. The van der Waals surface area contributed by atoms with E-state index < -0.39 is 0 Å². The number of hydrogen-bond donors (Lipinski definition) is 0. The molecule has 3 aliphatic carbocycles. The van der Waals surface area contributed by atoms with Crippen LogP contribution in [0.1, 0.15) is 129 Å². The van der Waals surface area contributed by atoms with E-state index in [0.717, 1.165) is 36.2 Å². The average molecular weight is 391 g/mol. The van der Waals surface area contributed by atoms with Crippen molar-refractivity contribution in [1.29, 1.82) is 0 Å². The molecule has 3 saturated carbocycles. The maximum atomic E-state index is 6.32. The van der Waals surface area contributed by atoms with Crippen molar-refractivity contribution in [2.45, 2.75) is 136 Å². The molecule has 0 atom stereocenters. The van der Waals surface area contributed by atoms with Gasteiger partial charge in [0.05, 0.1) is 6.10 Å². The van der Waals surface area contributed by atoms with Crippen molar-refractivity contribution in [3.8, 4) is 0 Å². The van der Waals surface area contributed by atoms with Gasteiger partial charge >= 0.3 is 0 Å². The van der Waals surface area contributed by atoms with Gasteiger partial charge in [-0.3, -0.25) is 0 Å². The average Bonchev–Trinajstić information content (AvgIpc) is 2.74. The summed E-state index contributed by atoms with van der Waals surface area (Å²) in [4.78, 5) is 0. The zero-order valence-electron chi connectivity index (χ0n) is 19.3. The van der Waals surface area contributed by atoms with Crippen molar-refractivity contribution in [1.82, 2.24) is 0 Å². The van der Waals surface area contributed by atoms with Crippen molar-refractivity contribution in [2.24, 2.45) is 29.6 Å². The molecule has 3 fully saturated rings. The summed E-state index contributed by atoms with van der Waals surface area (Å²) in [7, 11) is 0. The van der Waals surface area contributed by atoms with Gasteiger partial charge in [-0.1, -0.05) is 78.1 Å². The van der Waals surface area contributed by atoms with Crippen LogP contribution in [0.4, 0.5) is 0 Å². The molecule has 1 nitrogen and oxygen atoms in total. The van der Waals surface area contributed by atoms with Crippen LogP contribution in [0.5, 0.6) is 0 Å². The van der Waals surface area contributed by atoms with Gasteiger partial charge in [-0.05, 0) is 81.0 Å². The molecule has 0 bridgehead atoms. The van der Waals surface area contributed by atoms with E-state index in [9.17, 15) is 0 Å². The molecular weight excluding hydrogens is 340 g/mol. The van der Waals surface area contributed by atoms with Gasteiger partial charge in [0, 0.05) is 6.61 Å². The molecule has 0 N–H and O–H groups in total. The largest absolute Gasteiger partial charge is 0.378 e. The fourth-order valence-electron chi connectivity index (χ4n) is 6.92. The topological polar surface area (TPSA) is 9.23 Å². The molecule has 28 heavy (non-hydrogen) atoms. The van der Waals surface area contributed by atoms with Crippen molar-refractivity contribution in [3.05, 3.63) is 0 Å². The number of ether oxygens (including phenoxy) is 1. The van der Waals surface area contributed by atoms with Gasteiger partial charge < -0.3 is 4.74 Å². The Labute approximate surface area is 176 Å². The Hall–Kier alpha value is -0.0400. The Morgan fingerprint density at radius 2 is 0.964 bits per heavy atom. The molecule has 0 unspecified atom stereocenters. The lowest BCUT2D eigenvalue weighted by Crippen LogP contribution is -2.28. The predicted octanol–water partition coefficient (Wildman–Crippen LogP) is 8.56. The van der Waals surface area contributed by atoms with Crippen LogP contribution in [-0.4, -0.2) is 12.7 Å². The van der Waals surface area contributed by atoms with E-state index in [1.807, 2.05) is 0 Å². The molecule has 0 saturated heterocycles. The van der Waals surface area contributed by atoms with Gasteiger partial charge in [0.15, 0.2) is 0 Å². The molecule has 0 aromatic carbocycles. The van der Waals surface area contributed by atoms with Crippen LogP contribution >= 0.6 is 0 Å². The Bertz CT molecular complexity index is 381. The van der Waals surface area contributed by atoms with Gasteiger partial charge in [-0.2, -0.15) is 0 Å². The summed E-state index contributed by atoms with van der Waals surface area (Å²) >= 11 is 0. The fraction of sp³-hybridized carbons (Fsp3) is 1.00. The van der Waals surface area contributed by atoms with Crippen LogP contribution in [0.3, 0.4) is 0 Å². The van der Waals surface area contributed by atoms with Crippen molar-refractivity contribution in [2.75, 3.05) is 6.61 Å². The second kappa shape index (κ2) is 12.6. The van der Waals surface area contributed by atoms with Crippen LogP contribution in [0, 0.1) is 29.6 Å². The van der Waals surface area contributed by atoms with Crippen molar-refractivity contribution in [3.63, 3.8) is 0 Å².